The fourth-order valence-corrected chi connectivity index (χ4v) is 2.56. The van der Waals surface area contributed by atoms with Gasteiger partial charge in [0.1, 0.15) is 0 Å². The second-order valence-corrected chi connectivity index (χ2v) is 4.68. The maximum Gasteiger partial charge on any atom is 0.319 e. The third kappa shape index (κ3) is 3.66. The van der Waals surface area contributed by atoms with Crippen LogP contribution in [-0.4, -0.2) is 62.4 Å². The van der Waals surface area contributed by atoms with Gasteiger partial charge in [0.05, 0.1) is 25.9 Å². The van der Waals surface area contributed by atoms with Crippen molar-refractivity contribution in [2.24, 2.45) is 0 Å². The summed E-state index contributed by atoms with van der Waals surface area (Å²) >= 11 is 0. The number of hydrogen-bond donors (Lipinski definition) is 1. The zero-order valence-corrected chi connectivity index (χ0v) is 10.5. The van der Waals surface area contributed by atoms with Gasteiger partial charge >= 0.3 is 5.97 Å². The second-order valence-electron chi connectivity index (χ2n) is 4.68. The van der Waals surface area contributed by atoms with E-state index in [1.165, 1.54) is 19.4 Å². The summed E-state index contributed by atoms with van der Waals surface area (Å²) in [6, 6.07) is 0.635. The van der Waals surface area contributed by atoms with Crippen molar-refractivity contribution in [2.45, 2.75) is 31.9 Å². The van der Waals surface area contributed by atoms with Gasteiger partial charge in [0.15, 0.2) is 0 Å². The topological polar surface area (TPSA) is 50.8 Å². The number of nitrogens with zero attached hydrogens (tertiary/aromatic N) is 1. The molecule has 5 heteroatoms. The molecule has 17 heavy (non-hydrogen) atoms. The highest BCUT2D eigenvalue weighted by atomic mass is 16.5. The quantitative estimate of drug-likeness (QED) is 0.688. The molecule has 0 aliphatic carbocycles. The minimum absolute atomic E-state index is 0.192. The lowest BCUT2D eigenvalue weighted by Crippen LogP contribution is -2.49. The molecule has 2 saturated heterocycles. The van der Waals surface area contributed by atoms with Gasteiger partial charge in [-0.15, -0.1) is 0 Å². The normalized spacial score (nSPS) is 29.0. The Bertz CT molecular complexity index is 260. The Kier molecular flexibility index (Phi) is 4.76. The molecule has 1 N–H and O–H groups in total. The predicted octanol–water partition coefficient (Wildman–Crippen LogP) is 0.00230. The molecular weight excluding hydrogens is 220 g/mol. The standard InChI is InChI=1S/C12H22N2O3/c1-2-16-12(15)7-13-6-11-8-14-5-3-4-10(14)9-17-11/h10-11,13H,2-9H2,1H3. The van der Waals surface area contributed by atoms with E-state index in [2.05, 4.69) is 10.2 Å². The zero-order chi connectivity index (χ0) is 12.1. The molecule has 2 heterocycles. The van der Waals surface area contributed by atoms with Crippen molar-refractivity contribution in [1.82, 2.24) is 10.2 Å². The largest absolute Gasteiger partial charge is 0.465 e. The van der Waals surface area contributed by atoms with E-state index in [9.17, 15) is 4.79 Å². The molecular formula is C12H22N2O3. The number of carbonyl (C=O) groups excluding carboxylic acids is 1. The number of nitrogens with one attached hydrogen (secondary N) is 1. The first-order valence-electron chi connectivity index (χ1n) is 6.51. The molecule has 0 radical (unpaired) electrons. The molecule has 5 nitrogen and oxygen atoms in total. The van der Waals surface area contributed by atoms with E-state index in [1.807, 2.05) is 6.92 Å². The van der Waals surface area contributed by atoms with Gasteiger partial charge in [-0.25, -0.2) is 0 Å². The molecule has 0 aromatic carbocycles. The van der Waals surface area contributed by atoms with Crippen molar-refractivity contribution in [1.29, 1.82) is 0 Å². The van der Waals surface area contributed by atoms with E-state index >= 15 is 0 Å². The van der Waals surface area contributed by atoms with Crippen LogP contribution < -0.4 is 5.32 Å². The molecule has 2 atom stereocenters. The third-order valence-corrected chi connectivity index (χ3v) is 3.41. The van der Waals surface area contributed by atoms with Crippen LogP contribution in [0, 0.1) is 0 Å². The number of fused-ring (bicyclic) bond motifs is 1. The van der Waals surface area contributed by atoms with E-state index < -0.39 is 0 Å². The van der Waals surface area contributed by atoms with Crippen LogP contribution in [0.3, 0.4) is 0 Å². The molecule has 2 fully saturated rings. The van der Waals surface area contributed by atoms with Crippen LogP contribution in [0.4, 0.5) is 0 Å². The van der Waals surface area contributed by atoms with E-state index in [-0.39, 0.29) is 18.6 Å². The molecule has 0 saturated carbocycles. The van der Waals surface area contributed by atoms with Gasteiger partial charge in [0.25, 0.3) is 0 Å². The Labute approximate surface area is 102 Å². The average Bonchev–Trinajstić information content (AvgIpc) is 2.76. The van der Waals surface area contributed by atoms with Crippen molar-refractivity contribution in [3.05, 3.63) is 0 Å². The number of esters is 1. The fraction of sp³-hybridized carbons (Fsp3) is 0.917. The summed E-state index contributed by atoms with van der Waals surface area (Å²) in [5.74, 6) is -0.192. The minimum Gasteiger partial charge on any atom is -0.465 e. The Morgan fingerprint density at radius 3 is 3.29 bits per heavy atom. The highest BCUT2D eigenvalue weighted by Gasteiger charge is 2.31. The molecule has 0 aromatic rings. The lowest BCUT2D eigenvalue weighted by atomic mass is 10.2. The van der Waals surface area contributed by atoms with Crippen LogP contribution in [0.2, 0.25) is 0 Å². The molecule has 0 bridgehead atoms. The third-order valence-electron chi connectivity index (χ3n) is 3.41. The summed E-state index contributed by atoms with van der Waals surface area (Å²) < 4.78 is 10.6. The predicted molar refractivity (Wildman–Crippen MR) is 63.8 cm³/mol. The summed E-state index contributed by atoms with van der Waals surface area (Å²) in [7, 11) is 0. The van der Waals surface area contributed by atoms with Gasteiger partial charge in [-0.1, -0.05) is 0 Å². The number of morpholine rings is 1. The average molecular weight is 242 g/mol. The number of rotatable bonds is 5. The van der Waals surface area contributed by atoms with Gasteiger partial charge in [-0.3, -0.25) is 9.69 Å². The first kappa shape index (κ1) is 12.8. The summed E-state index contributed by atoms with van der Waals surface area (Å²) in [6.07, 6.45) is 2.76. The molecule has 0 spiro atoms. The second kappa shape index (κ2) is 6.33. The molecule has 2 aliphatic heterocycles. The minimum atomic E-state index is -0.192. The molecule has 2 aliphatic rings. The molecule has 0 aromatic heterocycles. The Morgan fingerprint density at radius 2 is 2.47 bits per heavy atom. The van der Waals surface area contributed by atoms with Crippen molar-refractivity contribution in [3.63, 3.8) is 0 Å². The van der Waals surface area contributed by atoms with Crippen molar-refractivity contribution < 1.29 is 14.3 Å². The van der Waals surface area contributed by atoms with E-state index in [4.69, 9.17) is 9.47 Å². The SMILES string of the molecule is CCOC(=O)CNCC1CN2CCCC2CO1. The Morgan fingerprint density at radius 1 is 1.59 bits per heavy atom. The van der Waals surface area contributed by atoms with Crippen LogP contribution in [0.1, 0.15) is 19.8 Å². The lowest BCUT2D eigenvalue weighted by Gasteiger charge is -2.35. The molecule has 98 valence electrons. The van der Waals surface area contributed by atoms with Crippen LogP contribution >= 0.6 is 0 Å². The molecule has 2 unspecified atom stereocenters. The lowest BCUT2D eigenvalue weighted by molar-refractivity contribution is -0.142. The van der Waals surface area contributed by atoms with Gasteiger partial charge in [0, 0.05) is 19.1 Å². The van der Waals surface area contributed by atoms with Gasteiger partial charge < -0.3 is 14.8 Å². The van der Waals surface area contributed by atoms with Crippen molar-refractivity contribution >= 4 is 5.97 Å². The van der Waals surface area contributed by atoms with Gasteiger partial charge in [0.2, 0.25) is 0 Å². The van der Waals surface area contributed by atoms with Crippen molar-refractivity contribution in [2.75, 3.05) is 39.4 Å². The van der Waals surface area contributed by atoms with Crippen molar-refractivity contribution in [3.8, 4) is 0 Å². The van der Waals surface area contributed by atoms with Crippen LogP contribution in [0.15, 0.2) is 0 Å². The summed E-state index contributed by atoms with van der Waals surface area (Å²) in [6.45, 7) is 6.28. The highest BCUT2D eigenvalue weighted by Crippen LogP contribution is 2.22. The summed E-state index contributed by atoms with van der Waals surface area (Å²) in [4.78, 5) is 13.6. The van der Waals surface area contributed by atoms with E-state index in [0.717, 1.165) is 19.7 Å². The maximum absolute atomic E-state index is 11.1. The van der Waals surface area contributed by atoms with Crippen LogP contribution in [0.5, 0.6) is 0 Å². The number of hydrogen-bond acceptors (Lipinski definition) is 5. The molecule has 0 amide bonds. The summed E-state index contributed by atoms with van der Waals surface area (Å²) in [5, 5.41) is 3.09. The Balaban J connectivity index is 1.62. The zero-order valence-electron chi connectivity index (χ0n) is 10.5. The van der Waals surface area contributed by atoms with Gasteiger partial charge in [-0.2, -0.15) is 0 Å². The fourth-order valence-electron chi connectivity index (χ4n) is 2.56. The summed E-state index contributed by atoms with van der Waals surface area (Å²) in [5.41, 5.74) is 0. The number of ether oxygens (including phenoxy) is 2. The smallest absolute Gasteiger partial charge is 0.319 e. The Hall–Kier alpha value is -0.650. The van der Waals surface area contributed by atoms with E-state index in [0.29, 0.717) is 12.6 Å². The number of carbonyl (C=O) groups is 1. The maximum atomic E-state index is 11.1. The first-order valence-corrected chi connectivity index (χ1v) is 6.51. The highest BCUT2D eigenvalue weighted by molar-refractivity contribution is 5.71. The van der Waals surface area contributed by atoms with Gasteiger partial charge in [-0.05, 0) is 26.3 Å². The monoisotopic (exact) mass is 242 g/mol. The van der Waals surface area contributed by atoms with Crippen LogP contribution in [0.25, 0.3) is 0 Å². The van der Waals surface area contributed by atoms with E-state index in [1.54, 1.807) is 0 Å². The van der Waals surface area contributed by atoms with Crippen LogP contribution in [-0.2, 0) is 14.3 Å². The molecule has 2 rings (SSSR count). The first-order chi connectivity index (χ1) is 8.29.